The minimum Gasteiger partial charge on any atom is -0.444 e. The van der Waals surface area contributed by atoms with Crippen LogP contribution in [-0.2, 0) is 14.3 Å². The van der Waals surface area contributed by atoms with Crippen LogP contribution in [0, 0.1) is 5.92 Å². The van der Waals surface area contributed by atoms with Crippen molar-refractivity contribution in [2.24, 2.45) is 11.7 Å². The molecule has 2 atom stereocenters. The highest BCUT2D eigenvalue weighted by atomic mass is 16.6. The molecule has 0 saturated heterocycles. The number of amides is 3. The van der Waals surface area contributed by atoms with E-state index in [1.54, 1.807) is 41.5 Å². The number of nitrogens with one attached hydrogen (secondary N) is 2. The Labute approximate surface area is 142 Å². The van der Waals surface area contributed by atoms with Crippen LogP contribution in [0.4, 0.5) is 9.59 Å². The molecule has 0 aromatic rings. The van der Waals surface area contributed by atoms with Crippen molar-refractivity contribution in [1.29, 1.82) is 0 Å². The van der Waals surface area contributed by atoms with Crippen molar-refractivity contribution in [1.82, 2.24) is 10.6 Å². The van der Waals surface area contributed by atoms with E-state index in [9.17, 15) is 14.4 Å². The highest BCUT2D eigenvalue weighted by Gasteiger charge is 2.40. The van der Waals surface area contributed by atoms with Gasteiger partial charge in [-0.15, -0.1) is 0 Å². The van der Waals surface area contributed by atoms with Gasteiger partial charge in [0.15, 0.2) is 0 Å². The van der Waals surface area contributed by atoms with E-state index in [1.165, 1.54) is 0 Å². The van der Waals surface area contributed by atoms with Gasteiger partial charge in [-0.1, -0.05) is 0 Å². The van der Waals surface area contributed by atoms with E-state index in [4.69, 9.17) is 15.2 Å². The van der Waals surface area contributed by atoms with Crippen LogP contribution in [0.25, 0.3) is 0 Å². The Morgan fingerprint density at radius 3 is 1.42 bits per heavy atom. The van der Waals surface area contributed by atoms with Crippen LogP contribution in [0.15, 0.2) is 0 Å². The summed E-state index contributed by atoms with van der Waals surface area (Å²) >= 11 is 0. The SMILES string of the molecule is CC(C)(C)OC(=O)N[C@H]1CC(C(N)=O)C[C@@H]1NC(=O)OC(C)(C)C. The smallest absolute Gasteiger partial charge is 0.407 e. The Hall–Kier alpha value is -1.99. The molecule has 4 N–H and O–H groups in total. The first-order valence-corrected chi connectivity index (χ1v) is 8.05. The zero-order valence-corrected chi connectivity index (χ0v) is 15.3. The maximum atomic E-state index is 12.0. The van der Waals surface area contributed by atoms with Crippen LogP contribution in [0.1, 0.15) is 54.4 Å². The lowest BCUT2D eigenvalue weighted by Gasteiger charge is -2.26. The molecule has 138 valence electrons. The molecule has 8 heteroatoms. The first kappa shape index (κ1) is 20.1. The van der Waals surface area contributed by atoms with Crippen LogP contribution in [-0.4, -0.2) is 41.4 Å². The molecule has 0 aromatic carbocycles. The number of alkyl carbamates (subject to hydrolysis) is 2. The Bertz CT molecular complexity index is 455. The summed E-state index contributed by atoms with van der Waals surface area (Å²) in [6, 6.07) is -0.908. The summed E-state index contributed by atoms with van der Waals surface area (Å²) in [5.74, 6) is -0.885. The summed E-state index contributed by atoms with van der Waals surface area (Å²) in [5, 5.41) is 5.40. The maximum Gasteiger partial charge on any atom is 0.407 e. The van der Waals surface area contributed by atoms with Crippen LogP contribution >= 0.6 is 0 Å². The highest BCUT2D eigenvalue weighted by molar-refractivity contribution is 5.78. The molecule has 0 radical (unpaired) electrons. The first-order chi connectivity index (χ1) is 10.8. The van der Waals surface area contributed by atoms with Crippen molar-refractivity contribution in [3.8, 4) is 0 Å². The van der Waals surface area contributed by atoms with Crippen LogP contribution < -0.4 is 16.4 Å². The van der Waals surface area contributed by atoms with Crippen LogP contribution in [0.2, 0.25) is 0 Å². The van der Waals surface area contributed by atoms with Gasteiger partial charge in [0.25, 0.3) is 0 Å². The van der Waals surface area contributed by atoms with Crippen molar-refractivity contribution >= 4 is 18.1 Å². The minimum atomic E-state index is -0.639. The van der Waals surface area contributed by atoms with Crippen LogP contribution in [0.3, 0.4) is 0 Å². The summed E-state index contributed by atoms with van der Waals surface area (Å²) in [7, 11) is 0. The minimum absolute atomic E-state index is 0.342. The molecule has 0 unspecified atom stereocenters. The average Bonchev–Trinajstić information content (AvgIpc) is 2.67. The van der Waals surface area contributed by atoms with Gasteiger partial charge in [0.2, 0.25) is 5.91 Å². The number of nitrogens with two attached hydrogens (primary N) is 1. The monoisotopic (exact) mass is 343 g/mol. The number of carbonyl (C=O) groups excluding carboxylic acids is 3. The number of hydrogen-bond donors (Lipinski definition) is 3. The van der Waals surface area contributed by atoms with Crippen molar-refractivity contribution in [3.63, 3.8) is 0 Å². The van der Waals surface area contributed by atoms with Gasteiger partial charge in [0.05, 0.1) is 12.1 Å². The third kappa shape index (κ3) is 7.06. The van der Waals surface area contributed by atoms with Gasteiger partial charge in [-0.25, -0.2) is 9.59 Å². The zero-order chi connectivity index (χ0) is 18.7. The molecule has 0 aliphatic heterocycles. The largest absolute Gasteiger partial charge is 0.444 e. The van der Waals surface area contributed by atoms with Crippen molar-refractivity contribution in [2.75, 3.05) is 0 Å². The molecular formula is C16H29N3O5. The molecule has 1 aliphatic rings. The standard InChI is InChI=1S/C16H29N3O5/c1-15(2,3)23-13(21)18-10-7-9(12(17)20)8-11(10)19-14(22)24-16(4,5)6/h9-11H,7-8H2,1-6H3,(H2,17,20)(H,18,21)(H,19,22)/t10-,11-/m0/s1. The van der Waals surface area contributed by atoms with Crippen molar-refractivity contribution < 1.29 is 23.9 Å². The van der Waals surface area contributed by atoms with Gasteiger partial charge in [-0.05, 0) is 54.4 Å². The second kappa shape index (κ2) is 7.27. The summed E-state index contributed by atoms with van der Waals surface area (Å²) in [6.07, 6.45) is -0.522. The van der Waals surface area contributed by atoms with Gasteiger partial charge >= 0.3 is 12.2 Å². The molecule has 1 fully saturated rings. The molecule has 0 heterocycles. The maximum absolute atomic E-state index is 12.0. The lowest BCUT2D eigenvalue weighted by atomic mass is 10.1. The van der Waals surface area contributed by atoms with Gasteiger partial charge < -0.3 is 25.8 Å². The molecule has 0 bridgehead atoms. The number of ether oxygens (including phenoxy) is 2. The van der Waals surface area contributed by atoms with E-state index in [0.29, 0.717) is 12.8 Å². The third-order valence-electron chi connectivity index (χ3n) is 3.37. The van der Waals surface area contributed by atoms with Gasteiger partial charge in [-0.3, -0.25) is 4.79 Å². The Morgan fingerprint density at radius 2 is 1.17 bits per heavy atom. The van der Waals surface area contributed by atoms with E-state index >= 15 is 0 Å². The van der Waals surface area contributed by atoms with Crippen molar-refractivity contribution in [3.05, 3.63) is 0 Å². The summed E-state index contributed by atoms with van der Waals surface area (Å²) in [4.78, 5) is 35.4. The molecule has 24 heavy (non-hydrogen) atoms. The Kier molecular flexibility index (Phi) is 6.08. The normalized spacial score (nSPS) is 21.9. The fraction of sp³-hybridized carbons (Fsp3) is 0.812. The fourth-order valence-electron chi connectivity index (χ4n) is 2.51. The van der Waals surface area contributed by atoms with E-state index < -0.39 is 47.3 Å². The molecule has 1 rings (SSSR count). The summed E-state index contributed by atoms with van der Waals surface area (Å²) in [6.45, 7) is 10.5. The molecule has 0 aromatic heterocycles. The Balaban J connectivity index is 2.73. The number of carbonyl (C=O) groups is 3. The predicted molar refractivity (Wildman–Crippen MR) is 88.2 cm³/mol. The second-order valence-electron chi connectivity index (χ2n) is 8.08. The highest BCUT2D eigenvalue weighted by Crippen LogP contribution is 2.26. The van der Waals surface area contributed by atoms with E-state index in [1.807, 2.05) is 0 Å². The van der Waals surface area contributed by atoms with Crippen LogP contribution in [0.5, 0.6) is 0 Å². The molecule has 8 nitrogen and oxygen atoms in total. The zero-order valence-electron chi connectivity index (χ0n) is 15.3. The fourth-order valence-corrected chi connectivity index (χ4v) is 2.51. The third-order valence-corrected chi connectivity index (χ3v) is 3.37. The van der Waals surface area contributed by atoms with Gasteiger partial charge in [0, 0.05) is 5.92 Å². The number of rotatable bonds is 3. The molecule has 1 saturated carbocycles. The van der Waals surface area contributed by atoms with E-state index in [2.05, 4.69) is 10.6 Å². The van der Waals surface area contributed by atoms with E-state index in [0.717, 1.165) is 0 Å². The summed E-state index contributed by atoms with van der Waals surface area (Å²) < 4.78 is 10.4. The lowest BCUT2D eigenvalue weighted by molar-refractivity contribution is -0.121. The summed E-state index contributed by atoms with van der Waals surface area (Å²) in [5.41, 5.74) is 4.08. The molecule has 0 spiro atoms. The predicted octanol–water partition coefficient (Wildman–Crippen LogP) is 1.67. The lowest BCUT2D eigenvalue weighted by Crippen LogP contribution is -2.50. The topological polar surface area (TPSA) is 120 Å². The number of hydrogen-bond acceptors (Lipinski definition) is 5. The molecule has 1 aliphatic carbocycles. The first-order valence-electron chi connectivity index (χ1n) is 8.05. The Morgan fingerprint density at radius 1 is 0.833 bits per heavy atom. The van der Waals surface area contributed by atoms with Gasteiger partial charge in [0.1, 0.15) is 11.2 Å². The number of primary amides is 1. The average molecular weight is 343 g/mol. The molecule has 3 amide bonds. The second-order valence-corrected chi connectivity index (χ2v) is 8.08. The van der Waals surface area contributed by atoms with E-state index in [-0.39, 0.29) is 0 Å². The van der Waals surface area contributed by atoms with Crippen molar-refractivity contribution in [2.45, 2.75) is 77.7 Å². The van der Waals surface area contributed by atoms with Gasteiger partial charge in [-0.2, -0.15) is 0 Å². The molecular weight excluding hydrogens is 314 g/mol. The quantitative estimate of drug-likeness (QED) is 0.720.